The summed E-state index contributed by atoms with van der Waals surface area (Å²) in [6, 6.07) is 7.84. The van der Waals surface area contributed by atoms with Gasteiger partial charge in [0, 0.05) is 23.4 Å². The van der Waals surface area contributed by atoms with Crippen LogP contribution in [0.3, 0.4) is 0 Å². The third-order valence-corrected chi connectivity index (χ3v) is 3.62. The Morgan fingerprint density at radius 2 is 2.06 bits per heavy atom. The van der Waals surface area contributed by atoms with Gasteiger partial charge in [-0.25, -0.2) is 0 Å². The first-order valence-corrected chi connectivity index (χ1v) is 6.60. The lowest BCUT2D eigenvalue weighted by Gasteiger charge is -2.15. The first-order valence-electron chi connectivity index (χ1n) is 5.69. The van der Waals surface area contributed by atoms with Crippen molar-refractivity contribution in [2.45, 2.75) is 18.8 Å². The van der Waals surface area contributed by atoms with Gasteiger partial charge in [-0.15, -0.1) is 11.6 Å². The molecule has 1 nitrogen and oxygen atoms in total. The molecule has 0 aromatic heterocycles. The van der Waals surface area contributed by atoms with Crippen LogP contribution in [0.5, 0.6) is 0 Å². The van der Waals surface area contributed by atoms with Gasteiger partial charge in [0.05, 0.1) is 6.61 Å². The van der Waals surface area contributed by atoms with E-state index >= 15 is 0 Å². The second-order valence-corrected chi connectivity index (χ2v) is 5.07. The van der Waals surface area contributed by atoms with Gasteiger partial charge in [-0.1, -0.05) is 29.8 Å². The molecule has 0 amide bonds. The maximum atomic E-state index is 6.14. The Hall–Kier alpha value is -0.240. The van der Waals surface area contributed by atoms with Crippen molar-refractivity contribution in [3.63, 3.8) is 0 Å². The van der Waals surface area contributed by atoms with Crippen LogP contribution in [0.4, 0.5) is 0 Å². The molecule has 1 unspecified atom stereocenters. The second kappa shape index (κ2) is 5.90. The van der Waals surface area contributed by atoms with Gasteiger partial charge in [0.15, 0.2) is 0 Å². The highest BCUT2D eigenvalue weighted by Crippen LogP contribution is 2.30. The Balaban J connectivity index is 1.90. The van der Waals surface area contributed by atoms with Gasteiger partial charge in [-0.05, 0) is 30.4 Å². The van der Waals surface area contributed by atoms with Gasteiger partial charge in [-0.2, -0.15) is 0 Å². The third-order valence-electron chi connectivity index (χ3n) is 2.90. The second-order valence-electron chi connectivity index (χ2n) is 4.35. The molecule has 0 saturated heterocycles. The molecule has 1 saturated carbocycles. The molecule has 0 aliphatic heterocycles. The summed E-state index contributed by atoms with van der Waals surface area (Å²) in [5, 5.41) is 0.781. The van der Waals surface area contributed by atoms with E-state index in [-0.39, 0.29) is 5.92 Å². The molecule has 1 aromatic carbocycles. The van der Waals surface area contributed by atoms with Gasteiger partial charge in [0.2, 0.25) is 0 Å². The maximum Gasteiger partial charge on any atom is 0.0546 e. The van der Waals surface area contributed by atoms with Crippen molar-refractivity contribution in [3.8, 4) is 0 Å². The van der Waals surface area contributed by atoms with Crippen molar-refractivity contribution >= 4 is 23.2 Å². The number of hydrogen-bond acceptors (Lipinski definition) is 1. The zero-order valence-corrected chi connectivity index (χ0v) is 10.7. The molecule has 0 N–H and O–H groups in total. The van der Waals surface area contributed by atoms with Crippen LogP contribution < -0.4 is 0 Å². The van der Waals surface area contributed by atoms with Crippen molar-refractivity contribution in [1.29, 1.82) is 0 Å². The Morgan fingerprint density at radius 1 is 1.31 bits per heavy atom. The fourth-order valence-corrected chi connectivity index (χ4v) is 2.23. The highest BCUT2D eigenvalue weighted by Gasteiger charge is 2.22. The monoisotopic (exact) mass is 258 g/mol. The Labute approximate surface area is 107 Å². The van der Waals surface area contributed by atoms with Crippen molar-refractivity contribution in [2.75, 3.05) is 19.1 Å². The molecular formula is C13H16Cl2O. The summed E-state index contributed by atoms with van der Waals surface area (Å²) in [5.41, 5.74) is 1.09. The standard InChI is InChI=1S/C13H16Cl2O/c14-7-11(9-16-8-10-5-6-10)12-3-1-2-4-13(12)15/h1-4,10-11H,5-9H2. The highest BCUT2D eigenvalue weighted by molar-refractivity contribution is 6.31. The number of benzene rings is 1. The highest BCUT2D eigenvalue weighted by atomic mass is 35.5. The average molecular weight is 259 g/mol. The Bertz CT molecular complexity index is 336. The van der Waals surface area contributed by atoms with E-state index < -0.39 is 0 Å². The fourth-order valence-electron chi connectivity index (χ4n) is 1.69. The van der Waals surface area contributed by atoms with E-state index in [1.807, 2.05) is 24.3 Å². The Kier molecular flexibility index (Phi) is 4.51. The number of rotatable bonds is 6. The van der Waals surface area contributed by atoms with Crippen LogP contribution in [0.25, 0.3) is 0 Å². The van der Waals surface area contributed by atoms with E-state index in [2.05, 4.69) is 0 Å². The molecule has 88 valence electrons. The largest absolute Gasteiger partial charge is 0.380 e. The smallest absolute Gasteiger partial charge is 0.0546 e. The van der Waals surface area contributed by atoms with Crippen LogP contribution in [0.15, 0.2) is 24.3 Å². The summed E-state index contributed by atoms with van der Waals surface area (Å²) < 4.78 is 5.68. The topological polar surface area (TPSA) is 9.23 Å². The van der Waals surface area contributed by atoms with Crippen molar-refractivity contribution in [3.05, 3.63) is 34.9 Å². The van der Waals surface area contributed by atoms with Crippen LogP contribution in [0, 0.1) is 5.92 Å². The van der Waals surface area contributed by atoms with Gasteiger partial charge in [0.1, 0.15) is 0 Å². The molecule has 1 aliphatic rings. The zero-order valence-electron chi connectivity index (χ0n) is 9.16. The quantitative estimate of drug-likeness (QED) is 0.699. The molecule has 0 bridgehead atoms. The normalized spacial score (nSPS) is 17.4. The van der Waals surface area contributed by atoms with E-state index in [0.29, 0.717) is 12.5 Å². The van der Waals surface area contributed by atoms with Crippen LogP contribution in [0.2, 0.25) is 5.02 Å². The minimum Gasteiger partial charge on any atom is -0.380 e. The van der Waals surface area contributed by atoms with E-state index in [1.165, 1.54) is 12.8 Å². The SMILES string of the molecule is ClCC(COCC1CC1)c1ccccc1Cl. The lowest BCUT2D eigenvalue weighted by Crippen LogP contribution is -2.11. The van der Waals surface area contributed by atoms with E-state index in [0.717, 1.165) is 23.1 Å². The molecule has 2 rings (SSSR count). The summed E-state index contributed by atoms with van der Waals surface area (Å²) in [5.74, 6) is 1.55. The minimum absolute atomic E-state index is 0.203. The van der Waals surface area contributed by atoms with E-state index in [4.69, 9.17) is 27.9 Å². The molecule has 1 aromatic rings. The van der Waals surface area contributed by atoms with Crippen LogP contribution in [0.1, 0.15) is 24.3 Å². The molecule has 3 heteroatoms. The first kappa shape index (κ1) is 12.2. The number of ether oxygens (including phenoxy) is 1. The Morgan fingerprint density at radius 3 is 2.69 bits per heavy atom. The summed E-state index contributed by atoms with van der Waals surface area (Å²) in [6.45, 7) is 1.54. The van der Waals surface area contributed by atoms with Gasteiger partial charge in [0.25, 0.3) is 0 Å². The summed E-state index contributed by atoms with van der Waals surface area (Å²) in [7, 11) is 0. The molecular weight excluding hydrogens is 243 g/mol. The van der Waals surface area contributed by atoms with Crippen LogP contribution in [-0.2, 0) is 4.74 Å². The summed E-state index contributed by atoms with van der Waals surface area (Å²) >= 11 is 12.1. The van der Waals surface area contributed by atoms with Gasteiger partial charge < -0.3 is 4.74 Å². The average Bonchev–Trinajstić information content (AvgIpc) is 3.10. The molecule has 16 heavy (non-hydrogen) atoms. The third kappa shape index (κ3) is 3.38. The van der Waals surface area contributed by atoms with Crippen molar-refractivity contribution in [2.24, 2.45) is 5.92 Å². The minimum atomic E-state index is 0.203. The van der Waals surface area contributed by atoms with Crippen molar-refractivity contribution < 1.29 is 4.74 Å². The van der Waals surface area contributed by atoms with Crippen LogP contribution in [-0.4, -0.2) is 19.1 Å². The zero-order chi connectivity index (χ0) is 11.4. The molecule has 1 aliphatic carbocycles. The van der Waals surface area contributed by atoms with Gasteiger partial charge >= 0.3 is 0 Å². The molecule has 0 spiro atoms. The summed E-state index contributed by atoms with van der Waals surface area (Å²) in [4.78, 5) is 0. The van der Waals surface area contributed by atoms with Crippen molar-refractivity contribution in [1.82, 2.24) is 0 Å². The van der Waals surface area contributed by atoms with E-state index in [9.17, 15) is 0 Å². The van der Waals surface area contributed by atoms with Gasteiger partial charge in [-0.3, -0.25) is 0 Å². The lowest BCUT2D eigenvalue weighted by atomic mass is 10.0. The number of hydrogen-bond donors (Lipinski definition) is 0. The first-order chi connectivity index (χ1) is 7.81. The fraction of sp³-hybridized carbons (Fsp3) is 0.538. The predicted molar refractivity (Wildman–Crippen MR) is 68.5 cm³/mol. The summed E-state index contributed by atoms with van der Waals surface area (Å²) in [6.07, 6.45) is 2.63. The lowest BCUT2D eigenvalue weighted by molar-refractivity contribution is 0.115. The molecule has 0 heterocycles. The van der Waals surface area contributed by atoms with Crippen LogP contribution >= 0.6 is 23.2 Å². The van der Waals surface area contributed by atoms with E-state index in [1.54, 1.807) is 0 Å². The molecule has 0 radical (unpaired) electrons. The number of alkyl halides is 1. The maximum absolute atomic E-state index is 6.14. The predicted octanol–water partition coefficient (Wildman–Crippen LogP) is 4.09. The molecule has 1 atom stereocenters. The molecule has 1 fully saturated rings. The number of halogens is 2.